The molecule has 1 aromatic carbocycles. The summed E-state index contributed by atoms with van der Waals surface area (Å²) in [4.78, 5) is 133. The molecule has 0 aromatic heterocycles. The van der Waals surface area contributed by atoms with Crippen LogP contribution in [0.1, 0.15) is 99.5 Å². The summed E-state index contributed by atoms with van der Waals surface area (Å²) in [6.45, 7) is 10.8. The molecule has 18 N–H and O–H groups in total. The van der Waals surface area contributed by atoms with Crippen molar-refractivity contribution < 1.29 is 77.8 Å². The largest absolute Gasteiger partial charge is 0.508 e. The number of carbonyl (C=O) groups excluding carboxylic acids is 10. The van der Waals surface area contributed by atoms with Crippen molar-refractivity contribution in [2.24, 2.45) is 35.0 Å². The van der Waals surface area contributed by atoms with Crippen molar-refractivity contribution in [3.8, 4) is 5.75 Å². The summed E-state index contributed by atoms with van der Waals surface area (Å²) < 4.78 is 11.3. The summed E-state index contributed by atoms with van der Waals surface area (Å²) >= 11 is 0. The van der Waals surface area contributed by atoms with E-state index in [-0.39, 0.29) is 25.0 Å². The monoisotopic (exact) mass is 1080 g/mol. The highest BCUT2D eigenvalue weighted by molar-refractivity contribution is 5.98. The number of unbranched alkanes of at least 4 members (excludes halogenated alkanes) is 1. The van der Waals surface area contributed by atoms with E-state index in [9.17, 15) is 68.4 Å². The molecule has 0 radical (unpaired) electrons. The fraction of sp³-hybridized carbons (Fsp3) is 0.673. The van der Waals surface area contributed by atoms with Gasteiger partial charge in [0.05, 0.1) is 13.2 Å². The van der Waals surface area contributed by atoms with Gasteiger partial charge in [0, 0.05) is 26.7 Å². The van der Waals surface area contributed by atoms with Gasteiger partial charge in [0.2, 0.25) is 59.1 Å². The van der Waals surface area contributed by atoms with E-state index >= 15 is 0 Å². The Balaban J connectivity index is 2.39. The lowest BCUT2D eigenvalue weighted by molar-refractivity contribution is -0.271. The van der Waals surface area contributed by atoms with Crippen molar-refractivity contribution in [2.75, 3.05) is 19.8 Å². The lowest BCUT2D eigenvalue weighted by atomic mass is 9.95. The molecule has 0 saturated carbocycles. The highest BCUT2D eigenvalue weighted by Gasteiger charge is 2.46. The van der Waals surface area contributed by atoms with E-state index in [1.165, 1.54) is 24.3 Å². The highest BCUT2D eigenvalue weighted by atomic mass is 16.7. The van der Waals surface area contributed by atoms with Crippen LogP contribution < -0.4 is 59.7 Å². The molecule has 1 heterocycles. The maximum Gasteiger partial charge on any atom is 0.245 e. The fourth-order valence-corrected chi connectivity index (χ4v) is 7.96. The molecule has 2 rings (SSSR count). The number of aromatic hydroxyl groups is 1. The Bertz CT molecular complexity index is 2130. The van der Waals surface area contributed by atoms with Crippen LogP contribution in [0.4, 0.5) is 0 Å². The average Bonchev–Trinajstić information content (AvgIpc) is 3.34. The fourth-order valence-electron chi connectivity index (χ4n) is 7.96. The normalized spacial score (nSPS) is 20.5. The van der Waals surface area contributed by atoms with Crippen LogP contribution in [0, 0.1) is 17.8 Å². The number of phenolic OH excluding ortho intramolecular Hbond substituents is 1. The minimum Gasteiger partial charge on any atom is -0.508 e. The number of aliphatic hydroxyl groups is 3. The smallest absolute Gasteiger partial charge is 0.245 e. The molecule has 0 spiro atoms. The predicted octanol–water partition coefficient (Wildman–Crippen LogP) is -4.45. The number of carbonyl (C=O) groups is 10. The molecule has 0 aliphatic carbocycles. The summed E-state index contributed by atoms with van der Waals surface area (Å²) in [7, 11) is 0. The zero-order valence-electron chi connectivity index (χ0n) is 44.5. The third-order valence-corrected chi connectivity index (χ3v) is 12.6. The van der Waals surface area contributed by atoms with Gasteiger partial charge in [-0.1, -0.05) is 60.1 Å². The minimum atomic E-state index is -1.69. The molecule has 27 nitrogen and oxygen atoms in total. The number of nitrogens with two attached hydrogens (primary N) is 3. The zero-order valence-corrected chi connectivity index (χ0v) is 44.5. The van der Waals surface area contributed by atoms with Crippen LogP contribution >= 0.6 is 0 Å². The van der Waals surface area contributed by atoms with Gasteiger partial charge in [-0.05, 0) is 67.7 Å². The number of hydrogen-bond donors (Lipinski definition) is 15. The molecule has 27 heteroatoms. The lowest BCUT2D eigenvalue weighted by Crippen LogP contribution is -2.65. The Hall–Kier alpha value is -6.52. The van der Waals surface area contributed by atoms with Gasteiger partial charge in [-0.15, -0.1) is 0 Å². The van der Waals surface area contributed by atoms with E-state index in [0.29, 0.717) is 31.4 Å². The van der Waals surface area contributed by atoms with E-state index in [1.807, 2.05) is 0 Å². The maximum absolute atomic E-state index is 14.3. The summed E-state index contributed by atoms with van der Waals surface area (Å²) in [6.07, 6.45) is -5.64. The molecule has 428 valence electrons. The first-order valence-corrected chi connectivity index (χ1v) is 25.3. The van der Waals surface area contributed by atoms with Crippen LogP contribution in [0.5, 0.6) is 5.75 Å². The number of primary amides is 2. The molecular formula is C49H81N11O16. The Morgan fingerprint density at radius 1 is 0.645 bits per heavy atom. The summed E-state index contributed by atoms with van der Waals surface area (Å²) in [6, 6.07) is -5.18. The number of ether oxygens (including phenoxy) is 2. The first-order valence-electron chi connectivity index (χ1n) is 25.3. The zero-order chi connectivity index (χ0) is 57.6. The molecule has 0 bridgehead atoms. The third kappa shape index (κ3) is 21.2. The summed E-state index contributed by atoms with van der Waals surface area (Å²) in [5, 5.41) is 61.0. The van der Waals surface area contributed by atoms with Crippen molar-refractivity contribution in [3.63, 3.8) is 0 Å². The second-order valence-electron chi connectivity index (χ2n) is 19.6. The highest BCUT2D eigenvalue weighted by Crippen LogP contribution is 2.23. The molecule has 1 saturated heterocycles. The number of rotatable bonds is 32. The molecule has 10 amide bonds. The predicted molar refractivity (Wildman–Crippen MR) is 272 cm³/mol. The number of phenols is 1. The van der Waals surface area contributed by atoms with E-state index < -0.39 is 169 Å². The van der Waals surface area contributed by atoms with E-state index in [2.05, 4.69) is 42.5 Å². The van der Waals surface area contributed by atoms with Gasteiger partial charge in [0.15, 0.2) is 6.29 Å². The molecule has 1 aliphatic heterocycles. The summed E-state index contributed by atoms with van der Waals surface area (Å²) in [5.41, 5.74) is 17.2. The van der Waals surface area contributed by atoms with Gasteiger partial charge in [0.25, 0.3) is 0 Å². The number of aliphatic hydroxyl groups excluding tert-OH is 3. The Kier molecular flexibility index (Phi) is 27.7. The van der Waals surface area contributed by atoms with Crippen molar-refractivity contribution in [1.82, 2.24) is 42.5 Å². The molecule has 1 fully saturated rings. The molecule has 76 heavy (non-hydrogen) atoms. The van der Waals surface area contributed by atoms with Crippen LogP contribution in [0.3, 0.4) is 0 Å². The minimum absolute atomic E-state index is 0.0487. The van der Waals surface area contributed by atoms with Crippen LogP contribution in [0.2, 0.25) is 0 Å². The number of nitrogens with one attached hydrogen (secondary N) is 8. The van der Waals surface area contributed by atoms with Crippen molar-refractivity contribution >= 4 is 59.1 Å². The molecule has 1 aromatic rings. The van der Waals surface area contributed by atoms with Crippen molar-refractivity contribution in [2.45, 2.75) is 173 Å². The molecule has 1 aliphatic rings. The average molecular weight is 1080 g/mol. The van der Waals surface area contributed by atoms with Gasteiger partial charge in [0.1, 0.15) is 72.4 Å². The van der Waals surface area contributed by atoms with Crippen molar-refractivity contribution in [1.29, 1.82) is 0 Å². The SMILES string of the molecule is CC[C@H](C)[C@H](NC(=O)[C@H](CCC(N)=O)NC(=O)[C@@H](NC(=O)[C@H](CO[C@@H]1O[C@H](CO)[C@@H](O)[C@H](O)[C@H]1NC(C)=O)NC(C)=O)C(C)C)C(=O)N[C@H](C(=O)N[C@@H](Cc1ccc(O)cc1)C(=O)N[C@@H](CCCCN)C(N)=O)C(C)C. The topological polar surface area (TPSA) is 444 Å². The maximum atomic E-state index is 14.3. The number of amides is 10. The first kappa shape index (κ1) is 65.6. The standard InChI is InChI=1S/C49H81N11O16/c1-9-25(6)38(48(74)59-37(24(4)5)47(73)57-32(20-28-13-15-29(64)16-14-28)44(70)55-30(42(52)68)12-10-11-19-50)60-43(69)31(17-18-35(51)65)56-46(72)36(23(2)3)58-45(71)33(53-26(7)62)22-75-49-39(54-27(8)63)41(67)40(66)34(21-61)76-49/h13-16,23-25,30-34,36-41,49,61,64,66-67H,9-12,17-22,50H2,1-8H3,(H2,51,65)(H2,52,68)(H,53,62)(H,54,63)(H,55,70)(H,56,72)(H,57,73)(H,58,71)(H,59,74)(H,60,69)/t25-,30-,31-,32-,33-,34+,36-,37-,38-,39+,40+,41+,49+/m0/s1. The van der Waals surface area contributed by atoms with Gasteiger partial charge in [-0.2, -0.15) is 0 Å². The Labute approximate surface area is 442 Å². The quantitative estimate of drug-likeness (QED) is 0.0303. The van der Waals surface area contributed by atoms with Crippen molar-refractivity contribution in [3.05, 3.63) is 29.8 Å². The lowest BCUT2D eigenvalue weighted by Gasteiger charge is -2.42. The second kappa shape index (κ2) is 32.2. The van der Waals surface area contributed by atoms with Crippen LogP contribution in [0.15, 0.2) is 24.3 Å². The van der Waals surface area contributed by atoms with Crippen LogP contribution in [-0.2, 0) is 63.8 Å². The van der Waals surface area contributed by atoms with Gasteiger partial charge >= 0.3 is 0 Å². The van der Waals surface area contributed by atoms with Gasteiger partial charge in [-0.25, -0.2) is 0 Å². The Morgan fingerprint density at radius 3 is 1.66 bits per heavy atom. The number of benzene rings is 1. The Morgan fingerprint density at radius 2 is 1.16 bits per heavy atom. The molecular weight excluding hydrogens is 999 g/mol. The second-order valence-corrected chi connectivity index (χ2v) is 19.6. The molecule has 13 atom stereocenters. The van der Waals surface area contributed by atoms with Crippen LogP contribution in [-0.4, -0.2) is 172 Å². The van der Waals surface area contributed by atoms with E-state index in [1.54, 1.807) is 41.5 Å². The first-order chi connectivity index (χ1) is 35.6. The third-order valence-electron chi connectivity index (χ3n) is 12.6. The summed E-state index contributed by atoms with van der Waals surface area (Å²) in [5.74, 6) is -10.3. The number of hydrogen-bond acceptors (Lipinski definition) is 17. The van der Waals surface area contributed by atoms with Crippen LogP contribution in [0.25, 0.3) is 0 Å². The van der Waals surface area contributed by atoms with Gasteiger partial charge < -0.3 is 89.6 Å². The van der Waals surface area contributed by atoms with E-state index in [0.717, 1.165) is 13.8 Å². The molecule has 0 unspecified atom stereocenters. The van der Waals surface area contributed by atoms with Gasteiger partial charge in [-0.3, -0.25) is 47.9 Å². The van der Waals surface area contributed by atoms with E-state index in [4.69, 9.17) is 26.7 Å².